The Morgan fingerprint density at radius 3 is 2.88 bits per heavy atom. The van der Waals surface area contributed by atoms with Gasteiger partial charge in [-0.05, 0) is 49.4 Å². The van der Waals surface area contributed by atoms with Crippen LogP contribution >= 0.6 is 0 Å². The zero-order valence-electron chi connectivity index (χ0n) is 14.5. The summed E-state index contributed by atoms with van der Waals surface area (Å²) >= 11 is 0. The Bertz CT molecular complexity index is 746. The highest BCUT2D eigenvalue weighted by Crippen LogP contribution is 2.37. The van der Waals surface area contributed by atoms with Crippen molar-refractivity contribution in [3.05, 3.63) is 30.5 Å². The normalized spacial score (nSPS) is 23.9. The first-order valence-electron chi connectivity index (χ1n) is 8.38. The number of nitrogens with zero attached hydrogens (tertiary/aromatic N) is 1. The van der Waals surface area contributed by atoms with E-state index >= 15 is 0 Å². The van der Waals surface area contributed by atoms with E-state index in [4.69, 9.17) is 9.47 Å². The van der Waals surface area contributed by atoms with Gasteiger partial charge in [0.15, 0.2) is 0 Å². The van der Waals surface area contributed by atoms with E-state index in [1.807, 2.05) is 24.3 Å². The number of rotatable bonds is 4. The summed E-state index contributed by atoms with van der Waals surface area (Å²) in [4.78, 5) is 17.4. The maximum Gasteiger partial charge on any atom is 0.256 e. The highest BCUT2D eigenvalue weighted by atomic mass is 16.5. The number of anilines is 1. The summed E-state index contributed by atoms with van der Waals surface area (Å²) in [6.07, 6.45) is 5.38. The number of hydrogen-bond acceptors (Lipinski definition) is 4. The van der Waals surface area contributed by atoms with E-state index in [2.05, 4.69) is 17.2 Å². The molecular formula is C19H24N2O3. The fraction of sp³-hybridized carbons (Fsp3) is 0.474. The highest BCUT2D eigenvalue weighted by Gasteiger charge is 2.42. The predicted molar refractivity (Wildman–Crippen MR) is 94.3 cm³/mol. The summed E-state index contributed by atoms with van der Waals surface area (Å²) in [5.41, 5.74) is 0.728. The zero-order chi connectivity index (χ0) is 17.2. The molecule has 0 bridgehead atoms. The van der Waals surface area contributed by atoms with Gasteiger partial charge in [-0.15, -0.1) is 0 Å². The molecule has 5 heteroatoms. The molecule has 1 amide bonds. The Hall–Kier alpha value is -2.14. The largest absolute Gasteiger partial charge is 0.494 e. The number of aromatic nitrogens is 1. The number of ether oxygens (including phenoxy) is 2. The number of methoxy groups -OCH3 is 2. The van der Waals surface area contributed by atoms with Gasteiger partial charge in [-0.25, -0.2) is 0 Å². The number of carbonyl (C=O) groups is 1. The topological polar surface area (TPSA) is 60.5 Å². The standard InChI is InChI=1S/C19H24N2O3/c1-13-6-4-10-19(12-13,24-3)18(22)21-15-8-9-16(23-2)17-14(15)7-5-11-20-17/h5,7-9,11,13H,4,6,10,12H2,1-3H3,(H,21,22)/t13-,19+/m1/s1. The van der Waals surface area contributed by atoms with Crippen LogP contribution in [0.1, 0.15) is 32.6 Å². The molecule has 2 atom stereocenters. The third-order valence-electron chi connectivity index (χ3n) is 4.96. The summed E-state index contributed by atoms with van der Waals surface area (Å²) in [5.74, 6) is 1.10. The second kappa shape index (κ2) is 6.77. The molecule has 0 saturated heterocycles. The van der Waals surface area contributed by atoms with Crippen LogP contribution < -0.4 is 10.1 Å². The fourth-order valence-electron chi connectivity index (χ4n) is 3.64. The van der Waals surface area contributed by atoms with Gasteiger partial charge in [-0.3, -0.25) is 9.78 Å². The number of fused-ring (bicyclic) bond motifs is 1. The van der Waals surface area contributed by atoms with Crippen molar-refractivity contribution in [2.75, 3.05) is 19.5 Å². The lowest BCUT2D eigenvalue weighted by atomic mass is 9.78. The summed E-state index contributed by atoms with van der Waals surface area (Å²) in [6.45, 7) is 2.17. The van der Waals surface area contributed by atoms with Gasteiger partial charge < -0.3 is 14.8 Å². The average molecular weight is 328 g/mol. The highest BCUT2D eigenvalue weighted by molar-refractivity contribution is 6.05. The van der Waals surface area contributed by atoms with E-state index in [0.29, 0.717) is 11.7 Å². The molecule has 1 aliphatic carbocycles. The van der Waals surface area contributed by atoms with Gasteiger partial charge in [-0.1, -0.05) is 13.3 Å². The molecule has 2 aromatic rings. The molecule has 0 spiro atoms. The van der Waals surface area contributed by atoms with Crippen LogP contribution in [0.3, 0.4) is 0 Å². The molecule has 3 rings (SSSR count). The summed E-state index contributed by atoms with van der Waals surface area (Å²) < 4.78 is 11.0. The predicted octanol–water partition coefficient (Wildman–Crippen LogP) is 3.78. The van der Waals surface area contributed by atoms with Crippen LogP contribution in [0.4, 0.5) is 5.69 Å². The molecule has 1 aliphatic rings. The third kappa shape index (κ3) is 2.96. The molecule has 128 valence electrons. The van der Waals surface area contributed by atoms with Gasteiger partial charge in [0.05, 0.1) is 12.8 Å². The molecule has 1 saturated carbocycles. The second-order valence-electron chi connectivity index (χ2n) is 6.57. The summed E-state index contributed by atoms with van der Waals surface area (Å²) in [6, 6.07) is 7.47. The lowest BCUT2D eigenvalue weighted by molar-refractivity contribution is -0.143. The molecule has 1 aromatic carbocycles. The van der Waals surface area contributed by atoms with E-state index in [-0.39, 0.29) is 5.91 Å². The maximum absolute atomic E-state index is 13.0. The minimum atomic E-state index is -0.744. The van der Waals surface area contributed by atoms with Gasteiger partial charge in [0.25, 0.3) is 5.91 Å². The van der Waals surface area contributed by atoms with E-state index in [1.54, 1.807) is 20.4 Å². The van der Waals surface area contributed by atoms with Crippen molar-refractivity contribution in [1.29, 1.82) is 0 Å². The zero-order valence-corrected chi connectivity index (χ0v) is 14.5. The number of pyridine rings is 1. The number of carbonyl (C=O) groups excluding carboxylic acids is 1. The van der Waals surface area contributed by atoms with Crippen LogP contribution in [0.15, 0.2) is 30.5 Å². The molecule has 24 heavy (non-hydrogen) atoms. The van der Waals surface area contributed by atoms with Crippen LogP contribution in [0.2, 0.25) is 0 Å². The van der Waals surface area contributed by atoms with Crippen LogP contribution in [0.5, 0.6) is 5.75 Å². The lowest BCUT2D eigenvalue weighted by Crippen LogP contribution is -2.47. The molecule has 1 aromatic heterocycles. The van der Waals surface area contributed by atoms with Crippen molar-refractivity contribution in [3.8, 4) is 5.75 Å². The number of hydrogen-bond donors (Lipinski definition) is 1. The molecule has 1 heterocycles. The number of benzene rings is 1. The monoisotopic (exact) mass is 328 g/mol. The van der Waals surface area contributed by atoms with Gasteiger partial charge in [0, 0.05) is 18.7 Å². The third-order valence-corrected chi connectivity index (χ3v) is 4.96. The van der Waals surface area contributed by atoms with Gasteiger partial charge in [-0.2, -0.15) is 0 Å². The van der Waals surface area contributed by atoms with Crippen LogP contribution in [0, 0.1) is 5.92 Å². The Morgan fingerprint density at radius 1 is 1.33 bits per heavy atom. The minimum absolute atomic E-state index is 0.0770. The van der Waals surface area contributed by atoms with Crippen molar-refractivity contribution in [1.82, 2.24) is 4.98 Å². The van der Waals surface area contributed by atoms with E-state index in [0.717, 1.165) is 42.3 Å². The first-order chi connectivity index (χ1) is 11.6. The van der Waals surface area contributed by atoms with E-state index in [9.17, 15) is 4.79 Å². The van der Waals surface area contributed by atoms with Crippen LogP contribution in [-0.4, -0.2) is 30.7 Å². The Balaban J connectivity index is 1.93. The summed E-state index contributed by atoms with van der Waals surface area (Å²) in [7, 11) is 3.25. The Kier molecular flexibility index (Phi) is 4.71. The van der Waals surface area contributed by atoms with E-state index < -0.39 is 5.60 Å². The van der Waals surface area contributed by atoms with Crippen molar-refractivity contribution >= 4 is 22.5 Å². The lowest BCUT2D eigenvalue weighted by Gasteiger charge is -2.37. The molecule has 0 unspecified atom stereocenters. The molecule has 0 radical (unpaired) electrons. The second-order valence-corrected chi connectivity index (χ2v) is 6.57. The minimum Gasteiger partial charge on any atom is -0.494 e. The van der Waals surface area contributed by atoms with Crippen molar-refractivity contribution < 1.29 is 14.3 Å². The van der Waals surface area contributed by atoms with Crippen molar-refractivity contribution in [3.63, 3.8) is 0 Å². The van der Waals surface area contributed by atoms with E-state index in [1.165, 1.54) is 0 Å². The average Bonchev–Trinajstić information content (AvgIpc) is 2.61. The number of amides is 1. The Morgan fingerprint density at radius 2 is 2.17 bits per heavy atom. The number of nitrogens with one attached hydrogen (secondary N) is 1. The van der Waals surface area contributed by atoms with Gasteiger partial charge in [0.2, 0.25) is 0 Å². The SMILES string of the molecule is COc1ccc(NC(=O)[C@]2(OC)CCC[C@@H](C)C2)c2cccnc12. The van der Waals surface area contributed by atoms with Gasteiger partial charge >= 0.3 is 0 Å². The quantitative estimate of drug-likeness (QED) is 0.928. The van der Waals surface area contributed by atoms with Crippen molar-refractivity contribution in [2.45, 2.75) is 38.2 Å². The van der Waals surface area contributed by atoms with Crippen LogP contribution in [0.25, 0.3) is 10.9 Å². The first-order valence-corrected chi connectivity index (χ1v) is 8.38. The Labute approximate surface area is 142 Å². The fourth-order valence-corrected chi connectivity index (χ4v) is 3.64. The molecule has 0 aliphatic heterocycles. The first kappa shape index (κ1) is 16.7. The molecular weight excluding hydrogens is 304 g/mol. The summed E-state index contributed by atoms with van der Waals surface area (Å²) in [5, 5.41) is 3.92. The maximum atomic E-state index is 13.0. The van der Waals surface area contributed by atoms with Crippen LogP contribution in [-0.2, 0) is 9.53 Å². The smallest absolute Gasteiger partial charge is 0.256 e. The molecule has 1 N–H and O–H groups in total. The van der Waals surface area contributed by atoms with Crippen molar-refractivity contribution in [2.24, 2.45) is 5.92 Å². The molecule has 5 nitrogen and oxygen atoms in total. The molecule has 1 fully saturated rings. The van der Waals surface area contributed by atoms with Gasteiger partial charge in [0.1, 0.15) is 16.9 Å².